The zero-order valence-corrected chi connectivity index (χ0v) is 14.7. The lowest BCUT2D eigenvalue weighted by Gasteiger charge is -2.12. The number of hydrogen-bond acceptors (Lipinski definition) is 0. The summed E-state index contributed by atoms with van der Waals surface area (Å²) in [5.74, 6) is -0.404. The molecule has 0 spiro atoms. The molecule has 0 nitrogen and oxygen atoms in total. The van der Waals surface area contributed by atoms with Crippen LogP contribution in [-0.4, -0.2) is 0 Å². The van der Waals surface area contributed by atoms with Crippen molar-refractivity contribution in [1.29, 1.82) is 0 Å². The maximum Gasteiger partial charge on any atom is 0.130 e. The van der Waals surface area contributed by atoms with Crippen LogP contribution >= 0.6 is 0 Å². The molecular weight excluding hydrogens is 295 g/mol. The Balaban J connectivity index is 2.70. The van der Waals surface area contributed by atoms with Crippen LogP contribution in [0.25, 0.3) is 0 Å². The molecular formula is C23H27F. The van der Waals surface area contributed by atoms with Gasteiger partial charge in [-0.15, -0.1) is 6.58 Å². The van der Waals surface area contributed by atoms with Crippen LogP contribution in [0.1, 0.15) is 32.6 Å². The zero-order chi connectivity index (χ0) is 18.1. The number of rotatable bonds is 9. The molecule has 0 unspecified atom stereocenters. The van der Waals surface area contributed by atoms with E-state index in [4.69, 9.17) is 0 Å². The van der Waals surface area contributed by atoms with E-state index >= 15 is 0 Å². The highest BCUT2D eigenvalue weighted by Crippen LogP contribution is 2.27. The number of halogens is 1. The van der Waals surface area contributed by atoms with Crippen molar-refractivity contribution in [3.63, 3.8) is 0 Å². The van der Waals surface area contributed by atoms with Gasteiger partial charge >= 0.3 is 0 Å². The second-order valence-corrected chi connectivity index (χ2v) is 6.05. The summed E-state index contributed by atoms with van der Waals surface area (Å²) in [4.78, 5) is 0. The van der Waals surface area contributed by atoms with E-state index in [1.54, 1.807) is 6.08 Å². The van der Waals surface area contributed by atoms with Crippen LogP contribution in [0.4, 0.5) is 4.39 Å². The Morgan fingerprint density at radius 3 is 2.42 bits per heavy atom. The van der Waals surface area contributed by atoms with Crippen LogP contribution in [0.15, 0.2) is 109 Å². The van der Waals surface area contributed by atoms with Crippen molar-refractivity contribution < 1.29 is 4.39 Å². The van der Waals surface area contributed by atoms with Gasteiger partial charge < -0.3 is 0 Å². The normalized spacial score (nSPS) is 14.8. The molecule has 0 saturated heterocycles. The largest absolute Gasteiger partial charge is 0.206 e. The lowest BCUT2D eigenvalue weighted by Crippen LogP contribution is -1.94. The molecule has 1 rings (SSSR count). The molecule has 1 heteroatoms. The van der Waals surface area contributed by atoms with Gasteiger partial charge in [0, 0.05) is 5.57 Å². The van der Waals surface area contributed by atoms with Crippen LogP contribution < -0.4 is 0 Å². The van der Waals surface area contributed by atoms with E-state index in [0.717, 1.165) is 36.8 Å². The van der Waals surface area contributed by atoms with Crippen LogP contribution in [0, 0.1) is 0 Å². The molecule has 126 valence electrons. The third kappa shape index (κ3) is 6.37. The van der Waals surface area contributed by atoms with Crippen molar-refractivity contribution in [2.24, 2.45) is 0 Å². The SMILES string of the molecule is C=CCCC(=C)/C=C\C(=C)C(=C)/C(F)=C\C(=C)C1=CC=C(C)CC1. The first-order valence-corrected chi connectivity index (χ1v) is 8.13. The molecule has 1 aliphatic carbocycles. The van der Waals surface area contributed by atoms with E-state index in [9.17, 15) is 4.39 Å². The first kappa shape index (κ1) is 19.6. The van der Waals surface area contributed by atoms with Crippen LogP contribution in [0.2, 0.25) is 0 Å². The second-order valence-electron chi connectivity index (χ2n) is 6.05. The Morgan fingerprint density at radius 1 is 1.12 bits per heavy atom. The molecule has 0 saturated carbocycles. The van der Waals surface area contributed by atoms with Gasteiger partial charge in [-0.1, -0.05) is 67.8 Å². The van der Waals surface area contributed by atoms with Crippen molar-refractivity contribution in [2.45, 2.75) is 32.6 Å². The van der Waals surface area contributed by atoms with E-state index in [2.05, 4.69) is 45.9 Å². The van der Waals surface area contributed by atoms with Gasteiger partial charge in [0.05, 0.1) is 0 Å². The van der Waals surface area contributed by atoms with E-state index in [0.29, 0.717) is 11.1 Å². The van der Waals surface area contributed by atoms with Crippen LogP contribution in [0.3, 0.4) is 0 Å². The summed E-state index contributed by atoms with van der Waals surface area (Å²) in [5.41, 5.74) is 4.83. The summed E-state index contributed by atoms with van der Waals surface area (Å²) in [6, 6.07) is 0. The highest BCUT2D eigenvalue weighted by Gasteiger charge is 2.09. The summed E-state index contributed by atoms with van der Waals surface area (Å²) < 4.78 is 14.4. The van der Waals surface area contributed by atoms with Gasteiger partial charge in [-0.2, -0.15) is 0 Å². The fourth-order valence-corrected chi connectivity index (χ4v) is 2.18. The number of allylic oxidation sites excluding steroid dienone is 13. The minimum atomic E-state index is -0.404. The van der Waals surface area contributed by atoms with Gasteiger partial charge in [-0.3, -0.25) is 0 Å². The topological polar surface area (TPSA) is 0 Å². The van der Waals surface area contributed by atoms with E-state index in [1.807, 2.05) is 18.2 Å². The van der Waals surface area contributed by atoms with Gasteiger partial charge in [-0.25, -0.2) is 4.39 Å². The fraction of sp³-hybridized carbons (Fsp3) is 0.217. The smallest absolute Gasteiger partial charge is 0.130 e. The Kier molecular flexibility index (Phi) is 7.91. The van der Waals surface area contributed by atoms with Gasteiger partial charge in [0.2, 0.25) is 0 Å². The summed E-state index contributed by atoms with van der Waals surface area (Å²) >= 11 is 0. The molecule has 0 aromatic rings. The molecule has 0 aromatic heterocycles. The summed E-state index contributed by atoms with van der Waals surface area (Å²) in [6.45, 7) is 21.3. The Labute approximate surface area is 146 Å². The molecule has 0 N–H and O–H groups in total. The first-order valence-electron chi connectivity index (χ1n) is 8.13. The number of hydrogen-bond donors (Lipinski definition) is 0. The summed E-state index contributed by atoms with van der Waals surface area (Å²) in [5, 5.41) is 0. The molecule has 0 radical (unpaired) electrons. The van der Waals surface area contributed by atoms with Crippen molar-refractivity contribution >= 4 is 0 Å². The Morgan fingerprint density at radius 2 is 1.83 bits per heavy atom. The van der Waals surface area contributed by atoms with Crippen LogP contribution in [0.5, 0.6) is 0 Å². The standard InChI is InChI=1S/C23H27F/c1-7-8-9-17(2)10-13-19(4)21(6)23(24)16-20(5)22-14-11-18(3)12-15-22/h7,10-11,13-14,16H,1-2,4-6,8-9,12,15H2,3H3/b13-10-,23-16+. The first-order chi connectivity index (χ1) is 11.3. The van der Waals surface area contributed by atoms with Crippen molar-refractivity contribution in [1.82, 2.24) is 0 Å². The third-order valence-electron chi connectivity index (χ3n) is 3.94. The van der Waals surface area contributed by atoms with Crippen molar-refractivity contribution in [3.8, 4) is 0 Å². The zero-order valence-electron chi connectivity index (χ0n) is 14.7. The van der Waals surface area contributed by atoms with Gasteiger partial charge in [0.25, 0.3) is 0 Å². The van der Waals surface area contributed by atoms with E-state index in [1.165, 1.54) is 11.6 Å². The molecule has 0 heterocycles. The third-order valence-corrected chi connectivity index (χ3v) is 3.94. The predicted octanol–water partition coefficient (Wildman–Crippen LogP) is 7.25. The quantitative estimate of drug-likeness (QED) is 0.310. The highest BCUT2D eigenvalue weighted by atomic mass is 19.1. The predicted molar refractivity (Wildman–Crippen MR) is 105 cm³/mol. The van der Waals surface area contributed by atoms with E-state index in [-0.39, 0.29) is 5.57 Å². The van der Waals surface area contributed by atoms with Gasteiger partial charge in [0.15, 0.2) is 0 Å². The average Bonchev–Trinajstić information content (AvgIpc) is 2.57. The average molecular weight is 322 g/mol. The molecule has 24 heavy (non-hydrogen) atoms. The molecule has 0 aliphatic heterocycles. The fourth-order valence-electron chi connectivity index (χ4n) is 2.18. The van der Waals surface area contributed by atoms with Crippen molar-refractivity contribution in [2.75, 3.05) is 0 Å². The Bertz CT molecular complexity index is 675. The second kappa shape index (κ2) is 9.67. The van der Waals surface area contributed by atoms with Crippen LogP contribution in [-0.2, 0) is 0 Å². The van der Waals surface area contributed by atoms with Crippen molar-refractivity contribution in [3.05, 3.63) is 109 Å². The van der Waals surface area contributed by atoms with E-state index < -0.39 is 5.83 Å². The highest BCUT2D eigenvalue weighted by molar-refractivity contribution is 5.51. The Hall–Kier alpha value is -2.41. The minimum absolute atomic E-state index is 0.270. The molecule has 0 fully saturated rings. The molecule has 0 bridgehead atoms. The maximum atomic E-state index is 14.4. The van der Waals surface area contributed by atoms with Gasteiger partial charge in [0.1, 0.15) is 5.83 Å². The maximum absolute atomic E-state index is 14.4. The summed E-state index contributed by atoms with van der Waals surface area (Å²) in [7, 11) is 0. The lowest BCUT2D eigenvalue weighted by molar-refractivity contribution is 0.655. The molecule has 1 aliphatic rings. The molecule has 0 amide bonds. The minimum Gasteiger partial charge on any atom is -0.206 e. The monoisotopic (exact) mass is 322 g/mol. The molecule has 0 atom stereocenters. The summed E-state index contributed by atoms with van der Waals surface area (Å²) in [6.07, 6.45) is 14.5. The van der Waals surface area contributed by atoms with Gasteiger partial charge in [-0.05, 0) is 55.4 Å². The molecule has 0 aromatic carbocycles. The lowest BCUT2D eigenvalue weighted by atomic mass is 9.93.